The van der Waals surface area contributed by atoms with Crippen LogP contribution in [0.3, 0.4) is 0 Å². The van der Waals surface area contributed by atoms with Crippen molar-refractivity contribution in [1.29, 1.82) is 0 Å². The van der Waals surface area contributed by atoms with E-state index in [1.807, 2.05) is 13.8 Å². The third-order valence-corrected chi connectivity index (χ3v) is 3.09. The summed E-state index contributed by atoms with van der Waals surface area (Å²) in [6.45, 7) is 8.60. The van der Waals surface area contributed by atoms with Crippen molar-refractivity contribution in [1.82, 2.24) is 4.90 Å². The summed E-state index contributed by atoms with van der Waals surface area (Å²) in [5, 5.41) is 0. The first-order chi connectivity index (χ1) is 10.0. The van der Waals surface area contributed by atoms with E-state index in [9.17, 15) is 9.18 Å². The Morgan fingerprint density at radius 3 is 2.62 bits per heavy atom. The quantitative estimate of drug-likeness (QED) is 0.775. The maximum Gasteiger partial charge on any atom is 0.289 e. The average Bonchev–Trinajstić information content (AvgIpc) is 2.94. The van der Waals surface area contributed by atoms with Crippen molar-refractivity contribution in [2.45, 2.75) is 13.8 Å². The highest BCUT2D eigenvalue weighted by Crippen LogP contribution is 2.25. The Morgan fingerprint density at radius 1 is 1.29 bits per heavy atom. The highest BCUT2D eigenvalue weighted by molar-refractivity contribution is 5.92. The van der Waals surface area contributed by atoms with Gasteiger partial charge in [0.2, 0.25) is 0 Å². The second-order valence-corrected chi connectivity index (χ2v) is 4.92. The van der Waals surface area contributed by atoms with Gasteiger partial charge in [0.05, 0.1) is 5.56 Å². The molecule has 0 N–H and O–H groups in total. The molecule has 0 fully saturated rings. The summed E-state index contributed by atoms with van der Waals surface area (Å²) in [7, 11) is 0. The number of hydrogen-bond acceptors (Lipinski definition) is 2. The first-order valence-corrected chi connectivity index (χ1v) is 6.81. The molecule has 1 aromatic heterocycles. The molecule has 0 aliphatic carbocycles. The fourth-order valence-electron chi connectivity index (χ4n) is 2.07. The lowest BCUT2D eigenvalue weighted by molar-refractivity contribution is 0.0747. The van der Waals surface area contributed by atoms with E-state index in [2.05, 4.69) is 6.58 Å². The monoisotopic (exact) mass is 287 g/mol. The largest absolute Gasteiger partial charge is 0.451 e. The van der Waals surface area contributed by atoms with Gasteiger partial charge in [-0.15, -0.1) is 0 Å². The van der Waals surface area contributed by atoms with Crippen LogP contribution in [0.2, 0.25) is 0 Å². The van der Waals surface area contributed by atoms with Crippen molar-refractivity contribution in [3.63, 3.8) is 0 Å². The first-order valence-electron chi connectivity index (χ1n) is 6.81. The molecule has 0 atom stereocenters. The van der Waals surface area contributed by atoms with E-state index >= 15 is 0 Å². The molecule has 2 aromatic rings. The van der Waals surface area contributed by atoms with Crippen molar-refractivity contribution in [3.05, 3.63) is 60.1 Å². The van der Waals surface area contributed by atoms with Gasteiger partial charge in [-0.1, -0.05) is 24.3 Å². The number of furan rings is 1. The van der Waals surface area contributed by atoms with Crippen molar-refractivity contribution < 1.29 is 13.6 Å². The topological polar surface area (TPSA) is 33.5 Å². The van der Waals surface area contributed by atoms with Gasteiger partial charge in [-0.05, 0) is 38.1 Å². The second-order valence-electron chi connectivity index (χ2n) is 4.92. The summed E-state index contributed by atoms with van der Waals surface area (Å²) in [5.41, 5.74) is 1.24. The molecule has 110 valence electrons. The first kappa shape index (κ1) is 15.0. The zero-order valence-electron chi connectivity index (χ0n) is 12.2. The van der Waals surface area contributed by atoms with Crippen LogP contribution in [0.25, 0.3) is 11.3 Å². The molecule has 0 aliphatic heterocycles. The van der Waals surface area contributed by atoms with Gasteiger partial charge in [-0.3, -0.25) is 4.79 Å². The van der Waals surface area contributed by atoms with Gasteiger partial charge in [0.1, 0.15) is 11.6 Å². The van der Waals surface area contributed by atoms with Gasteiger partial charge >= 0.3 is 0 Å². The number of hydrogen-bond donors (Lipinski definition) is 0. The summed E-state index contributed by atoms with van der Waals surface area (Å²) < 4.78 is 19.2. The third kappa shape index (κ3) is 3.40. The number of amides is 1. The van der Waals surface area contributed by atoms with Gasteiger partial charge < -0.3 is 9.32 Å². The molecular weight excluding hydrogens is 269 g/mol. The van der Waals surface area contributed by atoms with E-state index < -0.39 is 0 Å². The minimum Gasteiger partial charge on any atom is -0.451 e. The predicted molar refractivity (Wildman–Crippen MR) is 80.5 cm³/mol. The number of carbonyl (C=O) groups excluding carboxylic acids is 1. The molecule has 1 heterocycles. The smallest absolute Gasteiger partial charge is 0.289 e. The summed E-state index contributed by atoms with van der Waals surface area (Å²) in [6.07, 6.45) is 0. The van der Waals surface area contributed by atoms with E-state index in [1.165, 1.54) is 6.07 Å². The highest BCUT2D eigenvalue weighted by atomic mass is 19.1. The van der Waals surface area contributed by atoms with E-state index in [4.69, 9.17) is 4.42 Å². The summed E-state index contributed by atoms with van der Waals surface area (Å²) in [5.74, 6) is -0.0394. The van der Waals surface area contributed by atoms with Gasteiger partial charge in [0.15, 0.2) is 5.76 Å². The van der Waals surface area contributed by atoms with Crippen LogP contribution in [0.1, 0.15) is 24.4 Å². The Balaban J connectivity index is 2.25. The SMILES string of the molecule is C=C(C)CN(CC)C(=O)c1ccc(-c2ccccc2F)o1. The lowest BCUT2D eigenvalue weighted by Crippen LogP contribution is -2.31. The molecule has 0 unspecified atom stereocenters. The summed E-state index contributed by atoms with van der Waals surface area (Å²) in [6, 6.07) is 9.50. The zero-order chi connectivity index (χ0) is 15.4. The number of likely N-dealkylation sites (N-methyl/N-ethyl adjacent to an activating group) is 1. The van der Waals surface area contributed by atoms with E-state index in [0.717, 1.165) is 5.57 Å². The van der Waals surface area contributed by atoms with E-state index in [0.29, 0.717) is 24.4 Å². The third-order valence-electron chi connectivity index (χ3n) is 3.09. The molecule has 0 saturated carbocycles. The molecule has 2 rings (SSSR count). The molecule has 0 radical (unpaired) electrons. The molecule has 21 heavy (non-hydrogen) atoms. The molecular formula is C17H18FNO2. The zero-order valence-corrected chi connectivity index (χ0v) is 12.2. The molecule has 0 saturated heterocycles. The minimum absolute atomic E-state index is 0.205. The van der Waals surface area contributed by atoms with Crippen molar-refractivity contribution in [3.8, 4) is 11.3 Å². The summed E-state index contributed by atoms with van der Waals surface area (Å²) in [4.78, 5) is 14.0. The number of halogens is 1. The van der Waals surface area contributed by atoms with Crippen molar-refractivity contribution in [2.24, 2.45) is 0 Å². The lowest BCUT2D eigenvalue weighted by Gasteiger charge is -2.19. The molecule has 0 spiro atoms. The van der Waals surface area contributed by atoms with Crippen LogP contribution < -0.4 is 0 Å². The van der Waals surface area contributed by atoms with Crippen LogP contribution in [-0.2, 0) is 0 Å². The van der Waals surface area contributed by atoms with E-state index in [1.54, 1.807) is 35.2 Å². The van der Waals surface area contributed by atoms with Gasteiger partial charge in [-0.2, -0.15) is 0 Å². The maximum atomic E-state index is 13.7. The second kappa shape index (κ2) is 6.39. The van der Waals surface area contributed by atoms with Crippen LogP contribution in [0.4, 0.5) is 4.39 Å². The maximum absolute atomic E-state index is 13.7. The molecule has 1 amide bonds. The van der Waals surface area contributed by atoms with Crippen LogP contribution in [0.15, 0.2) is 53.0 Å². The fraction of sp³-hybridized carbons (Fsp3) is 0.235. The van der Waals surface area contributed by atoms with E-state index in [-0.39, 0.29) is 17.5 Å². The molecule has 1 aromatic carbocycles. The average molecular weight is 287 g/mol. The van der Waals surface area contributed by atoms with Crippen LogP contribution in [0, 0.1) is 5.82 Å². The molecule has 0 aliphatic rings. The Morgan fingerprint density at radius 2 is 2.00 bits per heavy atom. The number of rotatable bonds is 5. The molecule has 3 nitrogen and oxygen atoms in total. The molecule has 4 heteroatoms. The van der Waals surface area contributed by atoms with Gasteiger partial charge in [-0.25, -0.2) is 4.39 Å². The van der Waals surface area contributed by atoms with Crippen molar-refractivity contribution in [2.75, 3.05) is 13.1 Å². The lowest BCUT2D eigenvalue weighted by atomic mass is 10.1. The Hall–Kier alpha value is -2.36. The fourth-order valence-corrected chi connectivity index (χ4v) is 2.07. The summed E-state index contributed by atoms with van der Waals surface area (Å²) >= 11 is 0. The predicted octanol–water partition coefficient (Wildman–Crippen LogP) is 4.12. The highest BCUT2D eigenvalue weighted by Gasteiger charge is 2.19. The Kier molecular flexibility index (Phi) is 4.58. The van der Waals surface area contributed by atoms with Crippen LogP contribution in [0.5, 0.6) is 0 Å². The normalized spacial score (nSPS) is 10.4. The Labute approximate surface area is 123 Å². The number of carbonyl (C=O) groups is 1. The van der Waals surface area contributed by atoms with Crippen LogP contribution >= 0.6 is 0 Å². The Bertz CT molecular complexity index is 660. The van der Waals surface area contributed by atoms with Gasteiger partial charge in [0.25, 0.3) is 5.91 Å². The van der Waals surface area contributed by atoms with Crippen LogP contribution in [-0.4, -0.2) is 23.9 Å². The minimum atomic E-state index is -0.375. The number of nitrogens with zero attached hydrogens (tertiary/aromatic N) is 1. The van der Waals surface area contributed by atoms with Gasteiger partial charge in [0, 0.05) is 13.1 Å². The number of benzene rings is 1. The standard InChI is InChI=1S/C17H18FNO2/c1-4-19(11-12(2)3)17(20)16-10-9-15(21-16)13-7-5-6-8-14(13)18/h5-10H,2,4,11H2,1,3H3. The van der Waals surface area contributed by atoms with Crippen molar-refractivity contribution >= 4 is 5.91 Å². The molecule has 0 bridgehead atoms.